The van der Waals surface area contributed by atoms with Crippen LogP contribution in [0.3, 0.4) is 0 Å². The molecule has 0 saturated heterocycles. The third-order valence-electron chi connectivity index (χ3n) is 4.04. The Kier molecular flexibility index (Phi) is 5.15. The Balaban J connectivity index is 1.83. The zero-order valence-electron chi connectivity index (χ0n) is 14.5. The number of rotatable bonds is 3. The number of carbonyl (C=O) groups is 1. The second-order valence-electron chi connectivity index (χ2n) is 6.06. The molecule has 28 heavy (non-hydrogen) atoms. The second kappa shape index (κ2) is 7.89. The lowest BCUT2D eigenvalue weighted by atomic mass is 10.1. The van der Waals surface area contributed by atoms with Gasteiger partial charge in [-0.05, 0) is 54.6 Å². The fourth-order valence-electron chi connectivity index (χ4n) is 2.71. The highest BCUT2D eigenvalue weighted by Crippen LogP contribution is 2.19. The van der Waals surface area contributed by atoms with Gasteiger partial charge in [-0.2, -0.15) is 0 Å². The van der Waals surface area contributed by atoms with E-state index in [4.69, 9.17) is 27.6 Å². The molecule has 6 heteroatoms. The van der Waals surface area contributed by atoms with Crippen molar-refractivity contribution in [3.8, 4) is 0 Å². The summed E-state index contributed by atoms with van der Waals surface area (Å²) in [6, 6.07) is 23.1. The van der Waals surface area contributed by atoms with Crippen LogP contribution in [0, 0.1) is 0 Å². The van der Waals surface area contributed by atoms with Crippen molar-refractivity contribution >= 4 is 51.5 Å². The van der Waals surface area contributed by atoms with Crippen molar-refractivity contribution in [2.24, 2.45) is 4.99 Å². The van der Waals surface area contributed by atoms with Crippen LogP contribution in [0.4, 0.5) is 11.4 Å². The standard InChI is InChI=1S/C22H14Cl2N2O2/c23-15-8-10-17(11-9-15)25-21(27)19-12-14-4-1-2-7-20(14)28-22(19)26-18-6-3-5-16(24)13-18/h1-13H,(H,25,27). The van der Waals surface area contributed by atoms with Crippen LogP contribution in [0.25, 0.3) is 11.0 Å². The summed E-state index contributed by atoms with van der Waals surface area (Å²) in [4.78, 5) is 17.4. The van der Waals surface area contributed by atoms with Crippen molar-refractivity contribution in [3.05, 3.63) is 100 Å². The lowest BCUT2D eigenvalue weighted by Gasteiger charge is -2.07. The maximum atomic E-state index is 12.9. The first kappa shape index (κ1) is 18.3. The summed E-state index contributed by atoms with van der Waals surface area (Å²) < 4.78 is 5.92. The number of carbonyl (C=O) groups excluding carboxylic acids is 1. The zero-order chi connectivity index (χ0) is 19.5. The first-order valence-electron chi connectivity index (χ1n) is 8.48. The van der Waals surface area contributed by atoms with Crippen molar-refractivity contribution in [2.75, 3.05) is 5.32 Å². The number of benzene rings is 3. The Hall–Kier alpha value is -3.08. The molecule has 0 spiro atoms. The molecule has 1 aromatic heterocycles. The third kappa shape index (κ3) is 4.09. The minimum absolute atomic E-state index is 0.201. The smallest absolute Gasteiger partial charge is 0.261 e. The van der Waals surface area contributed by atoms with Gasteiger partial charge in [0.15, 0.2) is 0 Å². The number of nitrogens with one attached hydrogen (secondary N) is 1. The van der Waals surface area contributed by atoms with E-state index in [2.05, 4.69) is 10.3 Å². The summed E-state index contributed by atoms with van der Waals surface area (Å²) in [5.41, 5.74) is 2.36. The SMILES string of the molecule is O=C(Nc1ccc(Cl)cc1)c1cc2ccccc2oc1=Nc1cccc(Cl)c1. The summed E-state index contributed by atoms with van der Waals surface area (Å²) in [6.45, 7) is 0. The molecule has 4 nitrogen and oxygen atoms in total. The molecule has 0 fully saturated rings. The number of anilines is 1. The number of para-hydroxylation sites is 1. The van der Waals surface area contributed by atoms with Crippen molar-refractivity contribution in [1.82, 2.24) is 0 Å². The topological polar surface area (TPSA) is 54.6 Å². The van der Waals surface area contributed by atoms with Crippen LogP contribution in [0.15, 0.2) is 88.3 Å². The molecule has 1 amide bonds. The van der Waals surface area contributed by atoms with Crippen LogP contribution >= 0.6 is 23.2 Å². The van der Waals surface area contributed by atoms with Crippen LogP contribution in [0.5, 0.6) is 0 Å². The normalized spacial score (nSPS) is 11.6. The Morgan fingerprint density at radius 1 is 0.857 bits per heavy atom. The Morgan fingerprint density at radius 2 is 1.64 bits per heavy atom. The summed E-state index contributed by atoms with van der Waals surface area (Å²) in [7, 11) is 0. The van der Waals surface area contributed by atoms with Crippen molar-refractivity contribution in [3.63, 3.8) is 0 Å². The average molecular weight is 409 g/mol. The first-order valence-corrected chi connectivity index (χ1v) is 9.24. The summed E-state index contributed by atoms with van der Waals surface area (Å²) in [6.07, 6.45) is 0. The number of nitrogens with zero attached hydrogens (tertiary/aromatic N) is 1. The van der Waals surface area contributed by atoms with E-state index in [0.29, 0.717) is 32.6 Å². The highest BCUT2D eigenvalue weighted by molar-refractivity contribution is 6.31. The van der Waals surface area contributed by atoms with E-state index in [0.717, 1.165) is 5.39 Å². The second-order valence-corrected chi connectivity index (χ2v) is 6.93. The van der Waals surface area contributed by atoms with E-state index in [-0.39, 0.29) is 11.5 Å². The highest BCUT2D eigenvalue weighted by atomic mass is 35.5. The summed E-state index contributed by atoms with van der Waals surface area (Å²) in [5, 5.41) is 4.79. The van der Waals surface area contributed by atoms with Gasteiger partial charge in [-0.15, -0.1) is 0 Å². The van der Waals surface area contributed by atoms with Gasteiger partial charge in [-0.1, -0.05) is 47.5 Å². The lowest BCUT2D eigenvalue weighted by molar-refractivity contribution is 0.102. The number of hydrogen-bond acceptors (Lipinski definition) is 3. The van der Waals surface area contributed by atoms with Gasteiger partial charge in [0.05, 0.1) is 5.69 Å². The molecular weight excluding hydrogens is 395 g/mol. The molecule has 1 heterocycles. The number of amides is 1. The molecule has 0 atom stereocenters. The molecule has 0 bridgehead atoms. The molecule has 0 aliphatic carbocycles. The van der Waals surface area contributed by atoms with Gasteiger partial charge in [-0.3, -0.25) is 4.79 Å². The molecule has 0 aliphatic heterocycles. The first-order chi connectivity index (χ1) is 13.6. The van der Waals surface area contributed by atoms with Gasteiger partial charge in [0.1, 0.15) is 11.1 Å². The van der Waals surface area contributed by atoms with Crippen molar-refractivity contribution in [1.29, 1.82) is 0 Å². The minimum atomic E-state index is -0.336. The molecule has 1 N–H and O–H groups in total. The Labute approximate surface area is 171 Å². The number of fused-ring (bicyclic) bond motifs is 1. The molecule has 0 aliphatic rings. The molecular formula is C22H14Cl2N2O2. The van der Waals surface area contributed by atoms with Gasteiger partial charge in [-0.25, -0.2) is 4.99 Å². The Morgan fingerprint density at radius 3 is 2.43 bits per heavy atom. The molecule has 0 radical (unpaired) electrons. The molecule has 0 unspecified atom stereocenters. The van der Waals surface area contributed by atoms with Gasteiger partial charge in [0.25, 0.3) is 5.91 Å². The molecule has 4 aromatic rings. The van der Waals surface area contributed by atoms with Crippen molar-refractivity contribution < 1.29 is 9.21 Å². The van der Waals surface area contributed by atoms with E-state index in [1.54, 1.807) is 54.6 Å². The van der Waals surface area contributed by atoms with Crippen LogP contribution in [0.2, 0.25) is 10.0 Å². The van der Waals surface area contributed by atoms with Crippen LogP contribution in [-0.2, 0) is 0 Å². The maximum absolute atomic E-state index is 12.9. The summed E-state index contributed by atoms with van der Waals surface area (Å²) >= 11 is 12.0. The largest absolute Gasteiger partial charge is 0.438 e. The quantitative estimate of drug-likeness (QED) is 0.437. The van der Waals surface area contributed by atoms with Gasteiger partial charge >= 0.3 is 0 Å². The predicted octanol–water partition coefficient (Wildman–Crippen LogP) is 6.22. The van der Waals surface area contributed by atoms with Gasteiger partial charge < -0.3 is 9.73 Å². The van der Waals surface area contributed by atoms with Gasteiger partial charge in [0, 0.05) is 21.1 Å². The lowest BCUT2D eigenvalue weighted by Crippen LogP contribution is -2.21. The third-order valence-corrected chi connectivity index (χ3v) is 4.53. The highest BCUT2D eigenvalue weighted by Gasteiger charge is 2.13. The fourth-order valence-corrected chi connectivity index (χ4v) is 3.02. The molecule has 4 rings (SSSR count). The number of hydrogen-bond donors (Lipinski definition) is 1. The molecule has 3 aromatic carbocycles. The number of halogens is 2. The van der Waals surface area contributed by atoms with Crippen molar-refractivity contribution in [2.45, 2.75) is 0 Å². The van der Waals surface area contributed by atoms with Crippen LogP contribution in [0.1, 0.15) is 10.4 Å². The fraction of sp³-hybridized carbons (Fsp3) is 0. The van der Waals surface area contributed by atoms with E-state index in [1.165, 1.54) is 0 Å². The van der Waals surface area contributed by atoms with E-state index < -0.39 is 0 Å². The van der Waals surface area contributed by atoms with Crippen LogP contribution < -0.4 is 10.9 Å². The zero-order valence-corrected chi connectivity index (χ0v) is 16.0. The average Bonchev–Trinajstić information content (AvgIpc) is 2.69. The minimum Gasteiger partial charge on any atom is -0.438 e. The van der Waals surface area contributed by atoms with E-state index in [9.17, 15) is 4.79 Å². The van der Waals surface area contributed by atoms with Crippen LogP contribution in [-0.4, -0.2) is 5.91 Å². The van der Waals surface area contributed by atoms with E-state index >= 15 is 0 Å². The molecule has 138 valence electrons. The molecule has 0 saturated carbocycles. The predicted molar refractivity (Wildman–Crippen MR) is 112 cm³/mol. The van der Waals surface area contributed by atoms with E-state index in [1.807, 2.05) is 24.3 Å². The maximum Gasteiger partial charge on any atom is 0.261 e. The Bertz CT molecular complexity index is 1230. The monoisotopic (exact) mass is 408 g/mol. The van der Waals surface area contributed by atoms with Gasteiger partial charge in [0.2, 0.25) is 5.55 Å². The summed E-state index contributed by atoms with van der Waals surface area (Å²) in [5.74, 6) is -0.336.